The van der Waals surface area contributed by atoms with Gasteiger partial charge in [0.25, 0.3) is 0 Å². The summed E-state index contributed by atoms with van der Waals surface area (Å²) in [6.07, 6.45) is 50.1. The standard InChI is InChI=1S/C42H65O8P/c1-4-6-8-10-12-14-16-18-19-20-21-22-23-25-27-29-31-33-35-37-42(44)50-40(39-49-51(45,46)47-3)38-48-41(43)36-34-32-30-28-26-24-17-15-13-11-9-7-5-2/h6-9,12-15,18-19,21-22,24-27,30,32,40H,4-5,10-11,16-17,20,23,28-29,31,33-39H2,1-3H3,(H,45,46)/b8-6-,9-7-,14-12-,15-13-,19-18-,22-21-,26-24-,27-25-,32-30-. The maximum Gasteiger partial charge on any atom is 0.472 e. The molecular weight excluding hydrogens is 663 g/mol. The van der Waals surface area contributed by atoms with Crippen LogP contribution in [-0.4, -0.2) is 43.3 Å². The molecule has 0 rings (SSSR count). The van der Waals surface area contributed by atoms with Crippen molar-refractivity contribution < 1.29 is 37.6 Å². The Morgan fingerprint density at radius 2 is 0.980 bits per heavy atom. The highest BCUT2D eigenvalue weighted by molar-refractivity contribution is 7.47. The molecular formula is C42H65O8P. The van der Waals surface area contributed by atoms with Crippen LogP contribution in [0.4, 0.5) is 0 Å². The van der Waals surface area contributed by atoms with Gasteiger partial charge in [0.1, 0.15) is 6.61 Å². The predicted octanol–water partition coefficient (Wildman–Crippen LogP) is 11.5. The Hall–Kier alpha value is -3.29. The largest absolute Gasteiger partial charge is 0.472 e. The zero-order chi connectivity index (χ0) is 37.5. The van der Waals surface area contributed by atoms with E-state index in [9.17, 15) is 19.0 Å². The molecule has 0 aromatic carbocycles. The Labute approximate surface area is 309 Å². The Bertz CT molecular complexity index is 1190. The van der Waals surface area contributed by atoms with Gasteiger partial charge in [-0.2, -0.15) is 0 Å². The lowest BCUT2D eigenvalue weighted by molar-refractivity contribution is -0.161. The van der Waals surface area contributed by atoms with Gasteiger partial charge in [-0.25, -0.2) is 4.57 Å². The summed E-state index contributed by atoms with van der Waals surface area (Å²) in [5.41, 5.74) is 0. The monoisotopic (exact) mass is 728 g/mol. The van der Waals surface area contributed by atoms with Gasteiger partial charge in [-0.15, -0.1) is 0 Å². The van der Waals surface area contributed by atoms with Gasteiger partial charge in [-0.1, -0.05) is 130 Å². The number of phosphoric ester groups is 1. The Morgan fingerprint density at radius 1 is 0.549 bits per heavy atom. The van der Waals surface area contributed by atoms with Crippen molar-refractivity contribution in [3.63, 3.8) is 0 Å². The van der Waals surface area contributed by atoms with Crippen molar-refractivity contribution in [2.75, 3.05) is 20.3 Å². The third-order valence-corrected chi connectivity index (χ3v) is 7.96. The normalized spacial score (nSPS) is 14.7. The van der Waals surface area contributed by atoms with E-state index in [1.165, 1.54) is 0 Å². The van der Waals surface area contributed by atoms with Crippen LogP contribution in [0.15, 0.2) is 109 Å². The highest BCUT2D eigenvalue weighted by Crippen LogP contribution is 2.42. The number of carbonyl (C=O) groups excluding carboxylic acids is 2. The molecule has 51 heavy (non-hydrogen) atoms. The van der Waals surface area contributed by atoms with Crippen LogP contribution in [0.2, 0.25) is 0 Å². The van der Waals surface area contributed by atoms with E-state index in [4.69, 9.17) is 14.0 Å². The molecule has 0 aliphatic rings. The minimum absolute atomic E-state index is 0.157. The molecule has 0 saturated heterocycles. The zero-order valence-corrected chi connectivity index (χ0v) is 32.3. The molecule has 0 aliphatic heterocycles. The summed E-state index contributed by atoms with van der Waals surface area (Å²) in [6.45, 7) is 3.53. The smallest absolute Gasteiger partial charge is 0.462 e. The number of hydrogen-bond acceptors (Lipinski definition) is 7. The van der Waals surface area contributed by atoms with Crippen molar-refractivity contribution >= 4 is 19.8 Å². The van der Waals surface area contributed by atoms with E-state index in [2.05, 4.69) is 116 Å². The molecule has 9 heteroatoms. The second-order valence-electron chi connectivity index (χ2n) is 11.6. The van der Waals surface area contributed by atoms with E-state index in [1.807, 2.05) is 12.2 Å². The second-order valence-corrected chi connectivity index (χ2v) is 13.1. The third kappa shape index (κ3) is 36.3. The number of phosphoric acid groups is 1. The molecule has 2 unspecified atom stereocenters. The van der Waals surface area contributed by atoms with Gasteiger partial charge in [0.05, 0.1) is 6.61 Å². The van der Waals surface area contributed by atoms with Crippen LogP contribution >= 0.6 is 7.82 Å². The fourth-order valence-electron chi connectivity index (χ4n) is 4.22. The maximum absolute atomic E-state index is 12.4. The van der Waals surface area contributed by atoms with Crippen LogP contribution in [0.3, 0.4) is 0 Å². The Balaban J connectivity index is 4.26. The first-order chi connectivity index (χ1) is 24.8. The topological polar surface area (TPSA) is 108 Å². The summed E-state index contributed by atoms with van der Waals surface area (Å²) in [4.78, 5) is 34.3. The SMILES string of the molecule is CC/C=C\C/C=C\C/C=C\C/C=C\C/C=C\CCCCCC(=O)OC(COC(=O)CC/C=C\C/C=C\C/C=C\C/C=C\CC)COP(=O)(O)OC. The fourth-order valence-corrected chi connectivity index (χ4v) is 4.68. The van der Waals surface area contributed by atoms with Crippen LogP contribution in [0.5, 0.6) is 0 Å². The van der Waals surface area contributed by atoms with Gasteiger partial charge >= 0.3 is 19.8 Å². The molecule has 0 bridgehead atoms. The molecule has 0 aromatic rings. The molecule has 0 spiro atoms. The lowest BCUT2D eigenvalue weighted by Crippen LogP contribution is -2.29. The van der Waals surface area contributed by atoms with Crippen molar-refractivity contribution in [2.45, 2.75) is 123 Å². The Morgan fingerprint density at radius 3 is 1.43 bits per heavy atom. The third-order valence-electron chi connectivity index (χ3n) is 7.03. The minimum Gasteiger partial charge on any atom is -0.462 e. The summed E-state index contributed by atoms with van der Waals surface area (Å²) in [5, 5.41) is 0. The molecule has 0 radical (unpaired) electrons. The zero-order valence-electron chi connectivity index (χ0n) is 31.4. The number of hydrogen-bond donors (Lipinski definition) is 1. The van der Waals surface area contributed by atoms with E-state index in [0.29, 0.717) is 12.8 Å². The number of esters is 2. The van der Waals surface area contributed by atoms with Gasteiger partial charge in [-0.05, 0) is 83.5 Å². The van der Waals surface area contributed by atoms with E-state index in [0.717, 1.165) is 84.2 Å². The van der Waals surface area contributed by atoms with Crippen molar-refractivity contribution in [1.82, 2.24) is 0 Å². The van der Waals surface area contributed by atoms with Crippen LogP contribution in [0.1, 0.15) is 117 Å². The van der Waals surface area contributed by atoms with Crippen molar-refractivity contribution in [3.05, 3.63) is 109 Å². The number of allylic oxidation sites excluding steroid dienone is 18. The molecule has 0 saturated carbocycles. The molecule has 0 fully saturated rings. The average molecular weight is 729 g/mol. The van der Waals surface area contributed by atoms with Crippen LogP contribution in [0.25, 0.3) is 0 Å². The first-order valence-electron chi connectivity index (χ1n) is 18.6. The van der Waals surface area contributed by atoms with Crippen molar-refractivity contribution in [3.8, 4) is 0 Å². The molecule has 0 aromatic heterocycles. The quantitative estimate of drug-likeness (QED) is 0.0316. The van der Waals surface area contributed by atoms with E-state index in [-0.39, 0.29) is 19.4 Å². The number of carbonyl (C=O) groups is 2. The molecule has 286 valence electrons. The molecule has 2 atom stereocenters. The number of unbranched alkanes of at least 4 members (excludes halogenated alkanes) is 3. The van der Waals surface area contributed by atoms with Crippen LogP contribution in [0, 0.1) is 0 Å². The molecule has 0 aliphatic carbocycles. The maximum atomic E-state index is 12.4. The van der Waals surface area contributed by atoms with Crippen LogP contribution < -0.4 is 0 Å². The van der Waals surface area contributed by atoms with E-state index < -0.39 is 32.5 Å². The fraction of sp³-hybridized carbons (Fsp3) is 0.524. The highest BCUT2D eigenvalue weighted by Gasteiger charge is 2.24. The molecule has 0 amide bonds. The lowest BCUT2D eigenvalue weighted by atomic mass is 10.1. The first kappa shape index (κ1) is 47.7. The first-order valence-corrected chi connectivity index (χ1v) is 20.1. The van der Waals surface area contributed by atoms with E-state index in [1.54, 1.807) is 0 Å². The lowest BCUT2D eigenvalue weighted by Gasteiger charge is -2.19. The summed E-state index contributed by atoms with van der Waals surface area (Å²) in [6, 6.07) is 0. The summed E-state index contributed by atoms with van der Waals surface area (Å²) in [7, 11) is -3.25. The molecule has 1 N–H and O–H groups in total. The predicted molar refractivity (Wildman–Crippen MR) is 211 cm³/mol. The number of ether oxygens (including phenoxy) is 2. The minimum atomic E-state index is -4.29. The number of rotatable bonds is 32. The van der Waals surface area contributed by atoms with Crippen LogP contribution in [-0.2, 0) is 32.7 Å². The van der Waals surface area contributed by atoms with Gasteiger partial charge in [0, 0.05) is 20.0 Å². The highest BCUT2D eigenvalue weighted by atomic mass is 31.2. The Kier molecular flexibility index (Phi) is 34.1. The molecule has 8 nitrogen and oxygen atoms in total. The summed E-state index contributed by atoms with van der Waals surface area (Å²) < 4.78 is 31.7. The van der Waals surface area contributed by atoms with Gasteiger partial charge in [0.2, 0.25) is 0 Å². The van der Waals surface area contributed by atoms with Crippen molar-refractivity contribution in [2.24, 2.45) is 0 Å². The van der Waals surface area contributed by atoms with Crippen molar-refractivity contribution in [1.29, 1.82) is 0 Å². The average Bonchev–Trinajstić information content (AvgIpc) is 3.12. The summed E-state index contributed by atoms with van der Waals surface area (Å²) >= 11 is 0. The van der Waals surface area contributed by atoms with Gasteiger partial charge in [0.15, 0.2) is 6.10 Å². The van der Waals surface area contributed by atoms with E-state index >= 15 is 0 Å². The molecule has 0 heterocycles. The van der Waals surface area contributed by atoms with Gasteiger partial charge < -0.3 is 14.4 Å². The van der Waals surface area contributed by atoms with Gasteiger partial charge in [-0.3, -0.25) is 18.6 Å². The second kappa shape index (κ2) is 36.5. The summed E-state index contributed by atoms with van der Waals surface area (Å²) in [5.74, 6) is -0.952.